The van der Waals surface area contributed by atoms with Gasteiger partial charge in [0.05, 0.1) is 10.6 Å². The number of halogens is 2. The van der Waals surface area contributed by atoms with Crippen LogP contribution in [-0.4, -0.2) is 16.3 Å². The summed E-state index contributed by atoms with van der Waals surface area (Å²) in [4.78, 5) is 9.85. The number of nitro groups is 1. The van der Waals surface area contributed by atoms with Crippen LogP contribution in [0.15, 0.2) is 32.9 Å². The highest BCUT2D eigenvalue weighted by molar-refractivity contribution is 6.31. The van der Waals surface area contributed by atoms with Gasteiger partial charge in [-0.1, -0.05) is 0 Å². The van der Waals surface area contributed by atoms with Crippen LogP contribution in [-0.2, 0) is 0 Å². The van der Waals surface area contributed by atoms with Crippen LogP contribution in [0.5, 0.6) is 0 Å². The molecule has 0 atom stereocenters. The molecule has 1 aliphatic rings. The summed E-state index contributed by atoms with van der Waals surface area (Å²) >= 11 is 10.3. The highest BCUT2D eigenvalue weighted by Crippen LogP contribution is 2.10. The van der Waals surface area contributed by atoms with Crippen LogP contribution in [0, 0.1) is 10.1 Å². The van der Waals surface area contributed by atoms with Crippen molar-refractivity contribution in [1.29, 1.82) is 0 Å². The van der Waals surface area contributed by atoms with Crippen LogP contribution in [0.1, 0.15) is 0 Å². The summed E-state index contributed by atoms with van der Waals surface area (Å²) in [7, 11) is 0. The first-order valence-electron chi connectivity index (χ1n) is 3.11. The van der Waals surface area contributed by atoms with E-state index in [2.05, 4.69) is 9.02 Å². The molecule has 7 heteroatoms. The van der Waals surface area contributed by atoms with Crippen LogP contribution in [0.2, 0.25) is 0 Å². The second-order valence-corrected chi connectivity index (χ2v) is 2.44. The van der Waals surface area contributed by atoms with Crippen molar-refractivity contribution in [3.8, 4) is 0 Å². The average Bonchev–Trinajstić information content (AvgIpc) is 2.16. The maximum atomic E-state index is 10.5. The third kappa shape index (κ3) is 2.13. The van der Waals surface area contributed by atoms with E-state index in [1.54, 1.807) is 0 Å². The van der Waals surface area contributed by atoms with E-state index in [1.807, 2.05) is 0 Å². The summed E-state index contributed by atoms with van der Waals surface area (Å²) < 4.78 is 6.49. The zero-order valence-corrected chi connectivity index (χ0v) is 7.66. The molecule has 0 spiro atoms. The molecule has 0 amide bonds. The molecule has 1 aliphatic carbocycles. The summed E-state index contributed by atoms with van der Waals surface area (Å²) in [6.45, 7) is 0. The van der Waals surface area contributed by atoms with E-state index in [0.29, 0.717) is 0 Å². The van der Waals surface area contributed by atoms with Gasteiger partial charge < -0.3 is 0 Å². The summed E-state index contributed by atoms with van der Waals surface area (Å²) in [5.41, 5.74) is 0.144. The second kappa shape index (κ2) is 4.15. The Kier molecular flexibility index (Phi) is 3.16. The molecule has 0 radical (unpaired) electrons. The first-order valence-corrected chi connectivity index (χ1v) is 3.79. The largest absolute Gasteiger partial charge is 0.298 e. The van der Waals surface area contributed by atoms with Crippen molar-refractivity contribution in [2.45, 2.75) is 0 Å². The van der Waals surface area contributed by atoms with Crippen molar-refractivity contribution in [2.75, 3.05) is 0 Å². The quantitative estimate of drug-likeness (QED) is 0.384. The van der Waals surface area contributed by atoms with Crippen LogP contribution in [0.3, 0.4) is 0 Å². The third-order valence-electron chi connectivity index (χ3n) is 1.34. The van der Waals surface area contributed by atoms with Crippen molar-refractivity contribution in [2.24, 2.45) is 9.02 Å². The minimum absolute atomic E-state index is 0.0794. The van der Waals surface area contributed by atoms with Gasteiger partial charge in [0.25, 0.3) is 5.70 Å². The van der Waals surface area contributed by atoms with E-state index in [-0.39, 0.29) is 17.1 Å². The average molecular weight is 220 g/mol. The van der Waals surface area contributed by atoms with Crippen molar-refractivity contribution in [1.82, 2.24) is 0 Å². The summed E-state index contributed by atoms with van der Waals surface area (Å²) in [5, 5.41) is 10.5. The van der Waals surface area contributed by atoms with Crippen LogP contribution < -0.4 is 0 Å². The fourth-order valence-electron chi connectivity index (χ4n) is 0.782. The molecule has 0 N–H and O–H groups in total. The van der Waals surface area contributed by atoms with Gasteiger partial charge in [0, 0.05) is 29.6 Å². The van der Waals surface area contributed by atoms with Gasteiger partial charge in [0.15, 0.2) is 5.71 Å². The fourth-order valence-corrected chi connectivity index (χ4v) is 1.03. The van der Waals surface area contributed by atoms with Gasteiger partial charge in [-0.25, -0.2) is 0 Å². The lowest BCUT2D eigenvalue weighted by Crippen LogP contribution is -2.14. The lowest BCUT2D eigenvalue weighted by atomic mass is 10.1. The Morgan fingerprint density at radius 2 is 2.00 bits per heavy atom. The molecule has 5 nitrogen and oxygen atoms in total. The molecule has 0 saturated carbocycles. The van der Waals surface area contributed by atoms with Gasteiger partial charge >= 0.3 is 0 Å². The van der Waals surface area contributed by atoms with E-state index in [1.165, 1.54) is 18.2 Å². The molecular formula is C6H3Cl2N3O2. The summed E-state index contributed by atoms with van der Waals surface area (Å²) in [6, 6.07) is 0. The van der Waals surface area contributed by atoms with Gasteiger partial charge in [-0.3, -0.25) is 10.1 Å². The smallest absolute Gasteiger partial charge is 0.258 e. The van der Waals surface area contributed by atoms with Crippen molar-refractivity contribution < 1.29 is 4.92 Å². The topological polar surface area (TPSA) is 67.9 Å². The zero-order valence-electron chi connectivity index (χ0n) is 6.15. The van der Waals surface area contributed by atoms with E-state index in [4.69, 9.17) is 23.6 Å². The Morgan fingerprint density at radius 1 is 1.31 bits per heavy atom. The van der Waals surface area contributed by atoms with Crippen molar-refractivity contribution in [3.63, 3.8) is 0 Å². The molecular weight excluding hydrogens is 217 g/mol. The van der Waals surface area contributed by atoms with Crippen LogP contribution >= 0.6 is 23.6 Å². The molecule has 0 aromatic carbocycles. The molecule has 0 unspecified atom stereocenters. The van der Waals surface area contributed by atoms with E-state index in [0.717, 1.165) is 0 Å². The van der Waals surface area contributed by atoms with Gasteiger partial charge in [0.1, 0.15) is 0 Å². The maximum Gasteiger partial charge on any atom is 0.298 e. The Morgan fingerprint density at radius 3 is 2.46 bits per heavy atom. The number of hydrogen-bond donors (Lipinski definition) is 0. The summed E-state index contributed by atoms with van der Waals surface area (Å²) in [6.07, 6.45) is 4.03. The highest BCUT2D eigenvalue weighted by atomic mass is 35.5. The van der Waals surface area contributed by atoms with Gasteiger partial charge in [0.2, 0.25) is 0 Å². The van der Waals surface area contributed by atoms with Crippen LogP contribution in [0.4, 0.5) is 0 Å². The predicted molar refractivity (Wildman–Crippen MR) is 50.8 cm³/mol. The molecule has 0 heterocycles. The lowest BCUT2D eigenvalue weighted by Gasteiger charge is -2.01. The molecule has 1 rings (SSSR count). The predicted octanol–water partition coefficient (Wildman–Crippen LogP) is 1.91. The maximum absolute atomic E-state index is 10.5. The third-order valence-corrected chi connectivity index (χ3v) is 1.72. The fraction of sp³-hybridized carbons (Fsp3) is 0. The van der Waals surface area contributed by atoms with Crippen molar-refractivity contribution in [3.05, 3.63) is 34.0 Å². The number of hydrogen-bond acceptors (Lipinski definition) is 4. The molecule has 0 aliphatic heterocycles. The molecule has 13 heavy (non-hydrogen) atoms. The van der Waals surface area contributed by atoms with Crippen molar-refractivity contribution >= 4 is 35.0 Å². The molecule has 0 fully saturated rings. The Bertz CT molecular complexity index is 357. The second-order valence-electron chi connectivity index (χ2n) is 2.10. The van der Waals surface area contributed by atoms with Gasteiger partial charge in [-0.05, 0) is 12.2 Å². The number of rotatable bonds is 1. The monoisotopic (exact) mass is 219 g/mol. The Hall–Kier alpha value is -1.20. The first-order chi connectivity index (χ1) is 6.19. The minimum atomic E-state index is -0.604. The minimum Gasteiger partial charge on any atom is -0.258 e. The standard InChI is InChI=1S/C6H3Cl2N3O2/c7-9-4-1-2-5(10-8)6(3-4)11(12)13/h1-3H/b9-4+,10-5+. The van der Waals surface area contributed by atoms with Crippen LogP contribution in [0.25, 0.3) is 0 Å². The molecule has 0 aromatic heterocycles. The van der Waals surface area contributed by atoms with Gasteiger partial charge in [-0.2, -0.15) is 9.02 Å². The zero-order chi connectivity index (χ0) is 9.84. The Labute approximate surface area is 83.5 Å². The summed E-state index contributed by atoms with van der Waals surface area (Å²) in [5.74, 6) is 0. The normalized spacial score (nSPS) is 22.2. The van der Waals surface area contributed by atoms with Gasteiger partial charge in [-0.15, -0.1) is 0 Å². The highest BCUT2D eigenvalue weighted by Gasteiger charge is 2.21. The number of nitrogens with zero attached hydrogens (tertiary/aromatic N) is 3. The van der Waals surface area contributed by atoms with E-state index < -0.39 is 4.92 Å². The van der Waals surface area contributed by atoms with E-state index >= 15 is 0 Å². The SMILES string of the molecule is O=[N+]([O-])C1=CC(=N/Cl)/C=CC/1=N\Cl. The molecule has 0 aromatic rings. The number of allylic oxidation sites excluding steroid dienone is 3. The molecule has 68 valence electrons. The lowest BCUT2D eigenvalue weighted by molar-refractivity contribution is -0.414. The first kappa shape index (κ1) is 9.88. The molecule has 0 bridgehead atoms. The molecule has 0 saturated heterocycles. The Balaban J connectivity index is 3.13. The van der Waals surface area contributed by atoms with E-state index in [9.17, 15) is 10.1 Å².